The van der Waals surface area contributed by atoms with Crippen LogP contribution in [0.1, 0.15) is 40.0 Å². The number of nitrogens with one attached hydrogen (secondary N) is 1. The molecule has 0 saturated heterocycles. The molecule has 3 N–H and O–H groups in total. The summed E-state index contributed by atoms with van der Waals surface area (Å²) in [6.07, 6.45) is 2.71. The number of amides is 1. The number of nitrogens with two attached hydrogens (primary N) is 1. The second kappa shape index (κ2) is 7.80. The van der Waals surface area contributed by atoms with Crippen LogP contribution >= 0.6 is 0 Å². The molecular weight excluding hydrogens is 176 g/mol. The van der Waals surface area contributed by atoms with E-state index >= 15 is 0 Å². The molecule has 0 aliphatic carbocycles. The van der Waals surface area contributed by atoms with E-state index in [1.807, 2.05) is 0 Å². The SMILES string of the molecule is CCC(CCN)CNC(=O)CC(C)C. The molecule has 0 rings (SSSR count). The average molecular weight is 200 g/mol. The van der Waals surface area contributed by atoms with Gasteiger partial charge in [-0.2, -0.15) is 0 Å². The van der Waals surface area contributed by atoms with Gasteiger partial charge in [0, 0.05) is 13.0 Å². The molecule has 0 aromatic rings. The summed E-state index contributed by atoms with van der Waals surface area (Å²) in [5.41, 5.74) is 5.48. The molecule has 0 aliphatic rings. The molecule has 14 heavy (non-hydrogen) atoms. The third kappa shape index (κ3) is 6.89. The van der Waals surface area contributed by atoms with Gasteiger partial charge in [0.1, 0.15) is 0 Å². The van der Waals surface area contributed by atoms with Crippen molar-refractivity contribution >= 4 is 5.91 Å². The Kier molecular flexibility index (Phi) is 7.48. The minimum atomic E-state index is 0.162. The van der Waals surface area contributed by atoms with Crippen LogP contribution in [0.4, 0.5) is 0 Å². The van der Waals surface area contributed by atoms with Gasteiger partial charge in [-0.3, -0.25) is 4.79 Å². The lowest BCUT2D eigenvalue weighted by Gasteiger charge is -2.15. The van der Waals surface area contributed by atoms with E-state index in [1.54, 1.807) is 0 Å². The molecule has 0 aromatic carbocycles. The summed E-state index contributed by atoms with van der Waals surface area (Å²) in [5.74, 6) is 1.14. The summed E-state index contributed by atoms with van der Waals surface area (Å²) in [5, 5.41) is 2.96. The lowest BCUT2D eigenvalue weighted by atomic mass is 10.0. The Morgan fingerprint density at radius 2 is 2.07 bits per heavy atom. The molecule has 0 saturated carbocycles. The van der Waals surface area contributed by atoms with Crippen molar-refractivity contribution in [3.05, 3.63) is 0 Å². The van der Waals surface area contributed by atoms with Gasteiger partial charge in [-0.25, -0.2) is 0 Å². The van der Waals surface area contributed by atoms with Crippen LogP contribution in [0.15, 0.2) is 0 Å². The fourth-order valence-electron chi connectivity index (χ4n) is 1.39. The monoisotopic (exact) mass is 200 g/mol. The normalized spacial score (nSPS) is 12.9. The summed E-state index contributed by atoms with van der Waals surface area (Å²) in [6, 6.07) is 0. The molecule has 0 bridgehead atoms. The molecule has 0 aliphatic heterocycles. The minimum absolute atomic E-state index is 0.162. The Hall–Kier alpha value is -0.570. The van der Waals surface area contributed by atoms with E-state index in [-0.39, 0.29) is 5.91 Å². The Morgan fingerprint density at radius 3 is 2.50 bits per heavy atom. The zero-order valence-corrected chi connectivity index (χ0v) is 9.68. The minimum Gasteiger partial charge on any atom is -0.356 e. The first-order chi connectivity index (χ1) is 6.60. The highest BCUT2D eigenvalue weighted by atomic mass is 16.1. The van der Waals surface area contributed by atoms with Crippen molar-refractivity contribution in [2.24, 2.45) is 17.6 Å². The smallest absolute Gasteiger partial charge is 0.220 e. The first kappa shape index (κ1) is 13.4. The largest absolute Gasteiger partial charge is 0.356 e. The maximum absolute atomic E-state index is 11.3. The quantitative estimate of drug-likeness (QED) is 0.654. The first-order valence-electron chi connectivity index (χ1n) is 5.56. The molecular formula is C11H24N2O. The van der Waals surface area contributed by atoms with Gasteiger partial charge in [0.05, 0.1) is 0 Å². The number of carbonyl (C=O) groups excluding carboxylic acids is 1. The molecule has 1 amide bonds. The fourth-order valence-corrected chi connectivity index (χ4v) is 1.39. The van der Waals surface area contributed by atoms with Gasteiger partial charge in [-0.1, -0.05) is 27.2 Å². The van der Waals surface area contributed by atoms with Gasteiger partial charge < -0.3 is 11.1 Å². The Labute approximate surface area is 87.4 Å². The van der Waals surface area contributed by atoms with Gasteiger partial charge in [0.15, 0.2) is 0 Å². The molecule has 1 unspecified atom stereocenters. The molecule has 0 heterocycles. The maximum Gasteiger partial charge on any atom is 0.220 e. The van der Waals surface area contributed by atoms with Crippen LogP contribution in [0.2, 0.25) is 0 Å². The molecule has 0 aromatic heterocycles. The van der Waals surface area contributed by atoms with E-state index in [9.17, 15) is 4.79 Å². The van der Waals surface area contributed by atoms with Gasteiger partial charge in [0.2, 0.25) is 5.91 Å². The fraction of sp³-hybridized carbons (Fsp3) is 0.909. The third-order valence-corrected chi connectivity index (χ3v) is 2.33. The van der Waals surface area contributed by atoms with Gasteiger partial charge in [-0.05, 0) is 24.8 Å². The van der Waals surface area contributed by atoms with Crippen molar-refractivity contribution in [3.63, 3.8) is 0 Å². The zero-order chi connectivity index (χ0) is 11.0. The van der Waals surface area contributed by atoms with E-state index in [4.69, 9.17) is 5.73 Å². The summed E-state index contributed by atoms with van der Waals surface area (Å²) >= 11 is 0. The van der Waals surface area contributed by atoms with Gasteiger partial charge in [-0.15, -0.1) is 0 Å². The Bertz CT molecular complexity index is 157. The number of hydrogen-bond acceptors (Lipinski definition) is 2. The van der Waals surface area contributed by atoms with Crippen LogP contribution in [-0.4, -0.2) is 19.0 Å². The second-order valence-corrected chi connectivity index (χ2v) is 4.25. The van der Waals surface area contributed by atoms with E-state index < -0.39 is 0 Å². The Balaban J connectivity index is 3.62. The molecule has 84 valence electrons. The maximum atomic E-state index is 11.3. The highest BCUT2D eigenvalue weighted by Gasteiger charge is 2.08. The molecule has 1 atom stereocenters. The molecule has 3 heteroatoms. The summed E-state index contributed by atoms with van der Waals surface area (Å²) in [4.78, 5) is 11.3. The lowest BCUT2D eigenvalue weighted by Crippen LogP contribution is -2.30. The van der Waals surface area contributed by atoms with Gasteiger partial charge >= 0.3 is 0 Å². The topological polar surface area (TPSA) is 55.1 Å². The summed E-state index contributed by atoms with van der Waals surface area (Å²) in [6.45, 7) is 7.72. The number of hydrogen-bond donors (Lipinski definition) is 2. The highest BCUT2D eigenvalue weighted by Crippen LogP contribution is 2.05. The number of carbonyl (C=O) groups is 1. The van der Waals surface area contributed by atoms with E-state index in [0.29, 0.717) is 24.8 Å². The standard InChI is InChI=1S/C11H24N2O/c1-4-10(5-6-12)8-13-11(14)7-9(2)3/h9-10H,4-8,12H2,1-3H3,(H,13,14). The van der Waals surface area contributed by atoms with Crippen LogP contribution < -0.4 is 11.1 Å². The molecule has 0 fully saturated rings. The molecule has 3 nitrogen and oxygen atoms in total. The van der Waals surface area contributed by atoms with Crippen LogP contribution in [0.5, 0.6) is 0 Å². The third-order valence-electron chi connectivity index (χ3n) is 2.33. The second-order valence-electron chi connectivity index (χ2n) is 4.25. The van der Waals surface area contributed by atoms with E-state index in [2.05, 4.69) is 26.1 Å². The van der Waals surface area contributed by atoms with Crippen LogP contribution in [-0.2, 0) is 4.79 Å². The predicted octanol–water partition coefficient (Wildman–Crippen LogP) is 1.52. The van der Waals surface area contributed by atoms with Crippen molar-refractivity contribution in [2.45, 2.75) is 40.0 Å². The summed E-state index contributed by atoms with van der Waals surface area (Å²) in [7, 11) is 0. The van der Waals surface area contributed by atoms with E-state index in [0.717, 1.165) is 19.4 Å². The predicted molar refractivity (Wildman–Crippen MR) is 59.9 cm³/mol. The zero-order valence-electron chi connectivity index (χ0n) is 9.68. The average Bonchev–Trinajstić information content (AvgIpc) is 2.11. The van der Waals surface area contributed by atoms with Crippen molar-refractivity contribution in [2.75, 3.05) is 13.1 Å². The summed E-state index contributed by atoms with van der Waals surface area (Å²) < 4.78 is 0. The van der Waals surface area contributed by atoms with Crippen molar-refractivity contribution in [1.29, 1.82) is 0 Å². The highest BCUT2D eigenvalue weighted by molar-refractivity contribution is 5.76. The Morgan fingerprint density at radius 1 is 1.43 bits per heavy atom. The van der Waals surface area contributed by atoms with Crippen molar-refractivity contribution in [3.8, 4) is 0 Å². The van der Waals surface area contributed by atoms with Crippen molar-refractivity contribution in [1.82, 2.24) is 5.32 Å². The van der Waals surface area contributed by atoms with Gasteiger partial charge in [0.25, 0.3) is 0 Å². The van der Waals surface area contributed by atoms with Crippen LogP contribution in [0.3, 0.4) is 0 Å². The lowest BCUT2D eigenvalue weighted by molar-refractivity contribution is -0.121. The van der Waals surface area contributed by atoms with Crippen molar-refractivity contribution < 1.29 is 4.79 Å². The number of rotatable bonds is 7. The first-order valence-corrected chi connectivity index (χ1v) is 5.56. The van der Waals surface area contributed by atoms with Crippen LogP contribution in [0.25, 0.3) is 0 Å². The molecule has 0 radical (unpaired) electrons. The molecule has 0 spiro atoms. The van der Waals surface area contributed by atoms with E-state index in [1.165, 1.54) is 0 Å². The van der Waals surface area contributed by atoms with Crippen LogP contribution in [0, 0.1) is 11.8 Å².